The maximum Gasteiger partial charge on any atom is 0.337 e. The average molecular weight is 444 g/mol. The largest absolute Gasteiger partial charge is 0.465 e. The van der Waals surface area contributed by atoms with E-state index in [1.165, 1.54) is 48.4 Å². The summed E-state index contributed by atoms with van der Waals surface area (Å²) in [5, 5.41) is 16.1. The van der Waals surface area contributed by atoms with Crippen LogP contribution in [0.15, 0.2) is 51.0 Å². The van der Waals surface area contributed by atoms with E-state index in [0.29, 0.717) is 26.0 Å². The van der Waals surface area contributed by atoms with Crippen molar-refractivity contribution >= 4 is 46.3 Å². The van der Waals surface area contributed by atoms with Crippen LogP contribution < -0.4 is 5.32 Å². The fourth-order valence-corrected chi connectivity index (χ4v) is 4.48. The Bertz CT molecular complexity index is 1140. The highest BCUT2D eigenvalue weighted by Crippen LogP contribution is 2.37. The summed E-state index contributed by atoms with van der Waals surface area (Å²) in [6, 6.07) is 9.04. The quantitative estimate of drug-likeness (QED) is 0.329. The molecule has 10 heteroatoms. The summed E-state index contributed by atoms with van der Waals surface area (Å²) in [7, 11) is 1.29. The van der Waals surface area contributed by atoms with Crippen LogP contribution in [0.2, 0.25) is 0 Å². The van der Waals surface area contributed by atoms with Crippen molar-refractivity contribution in [2.45, 2.75) is 23.1 Å². The number of hydrogen-bond acceptors (Lipinski definition) is 8. The Hall–Kier alpha value is -3.24. The standard InChI is InChI=1S/C20H17N3O5S2/c1-11-8-14(19(25)28-3)4-6-15(11)22-18(24)13-5-7-17(16(9-13)23(26)27)30-20-21-12(2)10-29-20/h4-10H,1-3H3,(H,22,24). The molecule has 1 aromatic heterocycles. The SMILES string of the molecule is COC(=O)c1ccc(NC(=O)c2ccc(Sc3nc(C)cs3)c([N+](=O)[O-])c2)c(C)c1. The number of anilines is 1. The second-order valence-electron chi connectivity index (χ2n) is 6.27. The number of aryl methyl sites for hydroxylation is 2. The molecular weight excluding hydrogens is 426 g/mol. The van der Waals surface area contributed by atoms with Gasteiger partial charge in [0.25, 0.3) is 11.6 Å². The molecular formula is C20H17N3O5S2. The van der Waals surface area contributed by atoms with Crippen molar-refractivity contribution in [3.05, 3.63) is 74.3 Å². The van der Waals surface area contributed by atoms with E-state index in [9.17, 15) is 19.7 Å². The number of hydrogen-bond donors (Lipinski definition) is 1. The molecule has 1 N–H and O–H groups in total. The average Bonchev–Trinajstić information content (AvgIpc) is 3.13. The molecule has 0 saturated heterocycles. The zero-order valence-electron chi connectivity index (χ0n) is 16.3. The minimum absolute atomic E-state index is 0.151. The van der Waals surface area contributed by atoms with Gasteiger partial charge < -0.3 is 10.1 Å². The number of nitrogens with one attached hydrogen (secondary N) is 1. The Morgan fingerprint density at radius 3 is 2.50 bits per heavy atom. The van der Waals surface area contributed by atoms with Gasteiger partial charge in [0.2, 0.25) is 0 Å². The first-order valence-electron chi connectivity index (χ1n) is 8.67. The van der Waals surface area contributed by atoms with Gasteiger partial charge in [-0.1, -0.05) is 11.8 Å². The molecule has 3 rings (SSSR count). The van der Waals surface area contributed by atoms with E-state index in [1.807, 2.05) is 12.3 Å². The lowest BCUT2D eigenvalue weighted by Crippen LogP contribution is -2.13. The predicted octanol–water partition coefficient (Wildman–Crippen LogP) is 4.86. The van der Waals surface area contributed by atoms with Crippen molar-refractivity contribution in [3.63, 3.8) is 0 Å². The number of nitrogens with zero attached hydrogens (tertiary/aromatic N) is 2. The van der Waals surface area contributed by atoms with E-state index in [0.717, 1.165) is 5.69 Å². The van der Waals surface area contributed by atoms with E-state index >= 15 is 0 Å². The molecule has 1 amide bonds. The molecule has 30 heavy (non-hydrogen) atoms. The van der Waals surface area contributed by atoms with Crippen LogP contribution in [0, 0.1) is 24.0 Å². The van der Waals surface area contributed by atoms with Gasteiger partial charge in [0, 0.05) is 28.4 Å². The maximum absolute atomic E-state index is 12.6. The minimum atomic E-state index is -0.518. The van der Waals surface area contributed by atoms with Gasteiger partial charge in [-0.15, -0.1) is 11.3 Å². The zero-order chi connectivity index (χ0) is 21.8. The van der Waals surface area contributed by atoms with Gasteiger partial charge in [-0.05, 0) is 49.7 Å². The first-order chi connectivity index (χ1) is 14.3. The van der Waals surface area contributed by atoms with Gasteiger partial charge in [0.1, 0.15) is 0 Å². The predicted molar refractivity (Wildman–Crippen MR) is 115 cm³/mol. The highest BCUT2D eigenvalue weighted by Gasteiger charge is 2.20. The van der Waals surface area contributed by atoms with E-state index in [1.54, 1.807) is 25.1 Å². The first kappa shape index (κ1) is 21.5. The van der Waals surface area contributed by atoms with Gasteiger partial charge in [0.05, 0.1) is 22.5 Å². The molecule has 0 aliphatic carbocycles. The summed E-state index contributed by atoms with van der Waals surface area (Å²) < 4.78 is 5.37. The van der Waals surface area contributed by atoms with Gasteiger partial charge in [-0.25, -0.2) is 9.78 Å². The summed E-state index contributed by atoms with van der Waals surface area (Å²) in [6.07, 6.45) is 0. The van der Waals surface area contributed by atoms with Gasteiger partial charge >= 0.3 is 5.97 Å². The molecule has 8 nitrogen and oxygen atoms in total. The van der Waals surface area contributed by atoms with Crippen LogP contribution in [0.5, 0.6) is 0 Å². The summed E-state index contributed by atoms with van der Waals surface area (Å²) in [6.45, 7) is 3.59. The molecule has 3 aromatic rings. The van der Waals surface area contributed by atoms with Gasteiger partial charge in [-0.2, -0.15) is 0 Å². The fraction of sp³-hybridized carbons (Fsp3) is 0.150. The fourth-order valence-electron chi connectivity index (χ4n) is 2.60. The molecule has 0 spiro atoms. The normalized spacial score (nSPS) is 10.5. The third-order valence-electron chi connectivity index (χ3n) is 4.11. The maximum atomic E-state index is 12.6. The molecule has 0 fully saturated rings. The van der Waals surface area contributed by atoms with Gasteiger partial charge in [0.15, 0.2) is 4.34 Å². The number of rotatable bonds is 6. The summed E-state index contributed by atoms with van der Waals surface area (Å²) >= 11 is 2.59. The van der Waals surface area contributed by atoms with E-state index in [-0.39, 0.29) is 11.3 Å². The zero-order valence-corrected chi connectivity index (χ0v) is 17.9. The lowest BCUT2D eigenvalue weighted by molar-refractivity contribution is -0.387. The minimum Gasteiger partial charge on any atom is -0.465 e. The van der Waals surface area contributed by atoms with Crippen LogP contribution in [-0.4, -0.2) is 28.9 Å². The number of methoxy groups -OCH3 is 1. The highest BCUT2D eigenvalue weighted by molar-refractivity contribution is 8.01. The first-order valence-corrected chi connectivity index (χ1v) is 10.4. The topological polar surface area (TPSA) is 111 Å². The Morgan fingerprint density at radius 2 is 1.90 bits per heavy atom. The number of esters is 1. The Labute approximate surface area is 180 Å². The number of nitro groups is 1. The van der Waals surface area contributed by atoms with Crippen LogP contribution in [0.4, 0.5) is 11.4 Å². The van der Waals surface area contributed by atoms with E-state index < -0.39 is 16.8 Å². The highest BCUT2D eigenvalue weighted by atomic mass is 32.2. The lowest BCUT2D eigenvalue weighted by atomic mass is 10.1. The summed E-state index contributed by atoms with van der Waals surface area (Å²) in [5.41, 5.74) is 2.34. The van der Waals surface area contributed by atoms with Crippen molar-refractivity contribution in [1.82, 2.24) is 4.98 Å². The number of thiazole rings is 1. The Morgan fingerprint density at radius 1 is 1.17 bits per heavy atom. The van der Waals surface area contributed by atoms with Crippen molar-refractivity contribution < 1.29 is 19.2 Å². The smallest absolute Gasteiger partial charge is 0.337 e. The second-order valence-corrected chi connectivity index (χ2v) is 8.42. The van der Waals surface area contributed by atoms with Crippen molar-refractivity contribution in [3.8, 4) is 0 Å². The molecule has 0 saturated carbocycles. The van der Waals surface area contributed by atoms with Crippen molar-refractivity contribution in [2.24, 2.45) is 0 Å². The van der Waals surface area contributed by atoms with Crippen LogP contribution in [-0.2, 0) is 4.74 Å². The molecule has 0 aliphatic rings. The van der Waals surface area contributed by atoms with Gasteiger partial charge in [-0.3, -0.25) is 14.9 Å². The third kappa shape index (κ3) is 4.84. The van der Waals surface area contributed by atoms with Crippen molar-refractivity contribution in [2.75, 3.05) is 12.4 Å². The molecule has 0 atom stereocenters. The van der Waals surface area contributed by atoms with E-state index in [2.05, 4.69) is 15.0 Å². The molecule has 154 valence electrons. The second kappa shape index (κ2) is 9.06. The summed E-state index contributed by atoms with van der Waals surface area (Å²) in [5.74, 6) is -0.969. The molecule has 0 aliphatic heterocycles. The summed E-state index contributed by atoms with van der Waals surface area (Å²) in [4.78, 5) is 40.0. The number of carbonyl (C=O) groups is 2. The number of ether oxygens (including phenoxy) is 1. The van der Waals surface area contributed by atoms with Crippen LogP contribution in [0.3, 0.4) is 0 Å². The van der Waals surface area contributed by atoms with Crippen LogP contribution >= 0.6 is 23.1 Å². The Kier molecular flexibility index (Phi) is 6.48. The monoisotopic (exact) mass is 443 g/mol. The third-order valence-corrected chi connectivity index (χ3v) is 6.23. The van der Waals surface area contributed by atoms with Crippen LogP contribution in [0.25, 0.3) is 0 Å². The van der Waals surface area contributed by atoms with E-state index in [4.69, 9.17) is 0 Å². The molecule has 0 bridgehead atoms. The molecule has 1 heterocycles. The number of nitro benzene ring substituents is 1. The number of amides is 1. The molecule has 2 aromatic carbocycles. The molecule has 0 radical (unpaired) electrons. The molecule has 0 unspecified atom stereocenters. The number of carbonyl (C=O) groups excluding carboxylic acids is 2. The number of benzene rings is 2. The van der Waals surface area contributed by atoms with Crippen LogP contribution in [0.1, 0.15) is 32.0 Å². The Balaban J connectivity index is 1.83. The number of aromatic nitrogens is 1. The van der Waals surface area contributed by atoms with Crippen molar-refractivity contribution in [1.29, 1.82) is 0 Å². The lowest BCUT2D eigenvalue weighted by Gasteiger charge is -2.10.